The van der Waals surface area contributed by atoms with Gasteiger partial charge in [0.05, 0.1) is 17.6 Å². The molecule has 0 N–H and O–H groups in total. The maximum absolute atomic E-state index is 12.4. The molecule has 0 spiro atoms. The van der Waals surface area contributed by atoms with Crippen molar-refractivity contribution in [3.63, 3.8) is 0 Å². The van der Waals surface area contributed by atoms with E-state index in [-0.39, 0.29) is 5.69 Å². The van der Waals surface area contributed by atoms with Crippen LogP contribution < -0.4 is 0 Å². The molecule has 0 unspecified atom stereocenters. The van der Waals surface area contributed by atoms with Crippen molar-refractivity contribution in [3.8, 4) is 11.1 Å². The maximum atomic E-state index is 12.4. The van der Waals surface area contributed by atoms with Gasteiger partial charge in [0.15, 0.2) is 0 Å². The van der Waals surface area contributed by atoms with Crippen LogP contribution in [-0.4, -0.2) is 18.0 Å². The average molecular weight is 347 g/mol. The summed E-state index contributed by atoms with van der Waals surface area (Å²) in [5, 5.41) is 11.5. The van der Waals surface area contributed by atoms with Gasteiger partial charge in [-0.3, -0.25) is 14.9 Å². The number of nitro groups is 1. The molecule has 5 nitrogen and oxygen atoms in total. The lowest BCUT2D eigenvalue weighted by Crippen LogP contribution is -2.16. The van der Waals surface area contributed by atoms with Crippen LogP contribution in [0.4, 0.5) is 5.69 Å². The molecule has 0 aromatic heterocycles. The third-order valence-electron chi connectivity index (χ3n) is 4.21. The van der Waals surface area contributed by atoms with Crippen molar-refractivity contribution in [2.45, 2.75) is 5.92 Å². The van der Waals surface area contributed by atoms with E-state index in [2.05, 4.69) is 0 Å². The average Bonchev–Trinajstić information content (AvgIpc) is 2.69. The minimum absolute atomic E-state index is 0.00312. The molecule has 0 fully saturated rings. The zero-order chi connectivity index (χ0) is 18.5. The van der Waals surface area contributed by atoms with Gasteiger partial charge in [-0.15, -0.1) is 0 Å². The van der Waals surface area contributed by atoms with Crippen molar-refractivity contribution in [1.82, 2.24) is 0 Å². The number of nitro benzene ring substituents is 1. The number of benzene rings is 3. The Balaban J connectivity index is 2.18. The van der Waals surface area contributed by atoms with Gasteiger partial charge in [0, 0.05) is 6.07 Å². The second kappa shape index (κ2) is 7.61. The van der Waals surface area contributed by atoms with E-state index in [0.29, 0.717) is 11.1 Å². The van der Waals surface area contributed by atoms with E-state index in [0.717, 1.165) is 11.1 Å². The van der Waals surface area contributed by atoms with Crippen LogP contribution in [0.25, 0.3) is 11.1 Å². The van der Waals surface area contributed by atoms with Crippen molar-refractivity contribution in [2.24, 2.45) is 0 Å². The summed E-state index contributed by atoms with van der Waals surface area (Å²) < 4.78 is 4.97. The fourth-order valence-electron chi connectivity index (χ4n) is 2.97. The standard InChI is InChI=1S/C21H17NO4/c1-26-21(23)20(16-10-6-3-7-11-16)17-12-13-19(22(24)25)18(14-17)15-8-4-2-5-9-15/h2-14,20H,1H3/t20-/m1/s1. The lowest BCUT2D eigenvalue weighted by Gasteiger charge is -2.17. The molecule has 0 saturated heterocycles. The van der Waals surface area contributed by atoms with Gasteiger partial charge < -0.3 is 4.74 Å². The summed E-state index contributed by atoms with van der Waals surface area (Å²) >= 11 is 0. The Morgan fingerprint density at radius 1 is 0.923 bits per heavy atom. The highest BCUT2D eigenvalue weighted by Gasteiger charge is 2.26. The van der Waals surface area contributed by atoms with Gasteiger partial charge in [0.25, 0.3) is 5.69 Å². The fraction of sp³-hybridized carbons (Fsp3) is 0.0952. The van der Waals surface area contributed by atoms with E-state index in [1.54, 1.807) is 12.1 Å². The molecule has 5 heteroatoms. The molecule has 0 saturated carbocycles. The molecule has 0 amide bonds. The van der Waals surface area contributed by atoms with Gasteiger partial charge in [0.2, 0.25) is 0 Å². The quantitative estimate of drug-likeness (QED) is 0.385. The Labute approximate surface area is 151 Å². The largest absolute Gasteiger partial charge is 0.468 e. The molecule has 26 heavy (non-hydrogen) atoms. The molecule has 3 aromatic rings. The Hall–Kier alpha value is -3.47. The normalized spacial score (nSPS) is 11.6. The summed E-state index contributed by atoms with van der Waals surface area (Å²) in [4.78, 5) is 23.5. The molecule has 3 aromatic carbocycles. The Morgan fingerprint density at radius 3 is 2.12 bits per heavy atom. The molecule has 0 aliphatic heterocycles. The third kappa shape index (κ3) is 3.47. The van der Waals surface area contributed by atoms with E-state index in [1.165, 1.54) is 13.2 Å². The number of carbonyl (C=O) groups is 1. The van der Waals surface area contributed by atoms with Crippen molar-refractivity contribution in [1.29, 1.82) is 0 Å². The highest BCUT2D eigenvalue weighted by molar-refractivity contribution is 5.84. The van der Waals surface area contributed by atoms with E-state index in [9.17, 15) is 14.9 Å². The van der Waals surface area contributed by atoms with Crippen LogP contribution in [0.3, 0.4) is 0 Å². The number of carbonyl (C=O) groups excluding carboxylic acids is 1. The van der Waals surface area contributed by atoms with Gasteiger partial charge >= 0.3 is 5.97 Å². The van der Waals surface area contributed by atoms with Crippen LogP contribution in [0, 0.1) is 10.1 Å². The Morgan fingerprint density at radius 2 is 1.54 bits per heavy atom. The van der Waals surface area contributed by atoms with Crippen molar-refractivity contribution >= 4 is 11.7 Å². The van der Waals surface area contributed by atoms with Gasteiger partial charge in [-0.05, 0) is 22.8 Å². The van der Waals surface area contributed by atoms with Crippen LogP contribution >= 0.6 is 0 Å². The second-order valence-corrected chi connectivity index (χ2v) is 5.77. The van der Waals surface area contributed by atoms with Crippen LogP contribution in [0.15, 0.2) is 78.9 Å². The third-order valence-corrected chi connectivity index (χ3v) is 4.21. The summed E-state index contributed by atoms with van der Waals surface area (Å²) in [6.45, 7) is 0. The van der Waals surface area contributed by atoms with Crippen molar-refractivity contribution in [3.05, 3.63) is 100 Å². The fourth-order valence-corrected chi connectivity index (χ4v) is 2.97. The molecular formula is C21H17NO4. The Kier molecular flexibility index (Phi) is 5.08. The summed E-state index contributed by atoms with van der Waals surface area (Å²) in [7, 11) is 1.34. The first kappa shape index (κ1) is 17.4. The van der Waals surface area contributed by atoms with E-state index < -0.39 is 16.8 Å². The van der Waals surface area contributed by atoms with Crippen molar-refractivity contribution in [2.75, 3.05) is 7.11 Å². The number of rotatable bonds is 5. The SMILES string of the molecule is COC(=O)[C@H](c1ccccc1)c1ccc([N+](=O)[O-])c(-c2ccccc2)c1. The molecule has 1 atom stereocenters. The molecule has 0 heterocycles. The number of hydrogen-bond donors (Lipinski definition) is 0. The molecular weight excluding hydrogens is 330 g/mol. The first-order chi connectivity index (χ1) is 12.6. The van der Waals surface area contributed by atoms with Gasteiger partial charge in [-0.25, -0.2) is 0 Å². The van der Waals surface area contributed by atoms with E-state index in [4.69, 9.17) is 4.74 Å². The molecule has 0 aliphatic carbocycles. The highest BCUT2D eigenvalue weighted by Crippen LogP contribution is 2.35. The highest BCUT2D eigenvalue weighted by atomic mass is 16.6. The molecule has 0 bridgehead atoms. The number of ether oxygens (including phenoxy) is 1. The van der Waals surface area contributed by atoms with Crippen LogP contribution in [0.5, 0.6) is 0 Å². The molecule has 0 aliphatic rings. The number of esters is 1. The summed E-state index contributed by atoms with van der Waals surface area (Å²) in [6, 6.07) is 23.1. The predicted molar refractivity (Wildman–Crippen MR) is 98.8 cm³/mol. The first-order valence-electron chi connectivity index (χ1n) is 8.08. The number of hydrogen-bond acceptors (Lipinski definition) is 4. The zero-order valence-electron chi connectivity index (χ0n) is 14.2. The molecule has 130 valence electrons. The molecule has 3 rings (SSSR count). The smallest absolute Gasteiger partial charge is 0.317 e. The zero-order valence-corrected chi connectivity index (χ0v) is 14.2. The van der Waals surface area contributed by atoms with Crippen LogP contribution in [0.1, 0.15) is 17.0 Å². The minimum atomic E-state index is -0.649. The predicted octanol–water partition coefficient (Wildman–Crippen LogP) is 4.57. The molecule has 0 radical (unpaired) electrons. The van der Waals surface area contributed by atoms with Gasteiger partial charge in [0.1, 0.15) is 5.92 Å². The number of nitrogens with zero attached hydrogens (tertiary/aromatic N) is 1. The van der Waals surface area contributed by atoms with Gasteiger partial charge in [-0.2, -0.15) is 0 Å². The summed E-state index contributed by atoms with van der Waals surface area (Å²) in [6.07, 6.45) is 0. The topological polar surface area (TPSA) is 69.4 Å². The second-order valence-electron chi connectivity index (χ2n) is 5.77. The monoisotopic (exact) mass is 347 g/mol. The first-order valence-corrected chi connectivity index (χ1v) is 8.08. The summed E-state index contributed by atoms with van der Waals surface area (Å²) in [5.74, 6) is -1.06. The maximum Gasteiger partial charge on any atom is 0.317 e. The summed E-state index contributed by atoms with van der Waals surface area (Å²) in [5.41, 5.74) is 2.60. The van der Waals surface area contributed by atoms with Crippen LogP contribution in [-0.2, 0) is 9.53 Å². The lowest BCUT2D eigenvalue weighted by atomic mass is 9.89. The number of methoxy groups -OCH3 is 1. The minimum Gasteiger partial charge on any atom is -0.468 e. The van der Waals surface area contributed by atoms with E-state index >= 15 is 0 Å². The Bertz CT molecular complexity index is 923. The lowest BCUT2D eigenvalue weighted by molar-refractivity contribution is -0.384. The van der Waals surface area contributed by atoms with Crippen molar-refractivity contribution < 1.29 is 14.5 Å². The van der Waals surface area contributed by atoms with Crippen LogP contribution in [0.2, 0.25) is 0 Å². The van der Waals surface area contributed by atoms with E-state index in [1.807, 2.05) is 60.7 Å². The van der Waals surface area contributed by atoms with Gasteiger partial charge in [-0.1, -0.05) is 66.7 Å².